The van der Waals surface area contributed by atoms with Gasteiger partial charge in [-0.15, -0.1) is 0 Å². The lowest BCUT2D eigenvalue weighted by molar-refractivity contribution is 0.0697. The van der Waals surface area contributed by atoms with Gasteiger partial charge < -0.3 is 9.67 Å². The number of benzene rings is 3. The van der Waals surface area contributed by atoms with E-state index in [4.69, 9.17) is 5.11 Å². The fraction of sp³-hybridized carbons (Fsp3) is 0.111. The molecule has 0 spiro atoms. The van der Waals surface area contributed by atoms with Gasteiger partial charge in [-0.2, -0.15) is 5.26 Å². The molecule has 4 rings (SSSR count). The van der Waals surface area contributed by atoms with Crippen LogP contribution in [0.25, 0.3) is 22.6 Å². The minimum absolute atomic E-state index is 0.175. The lowest BCUT2D eigenvalue weighted by Crippen LogP contribution is -1.98. The second-order valence-corrected chi connectivity index (χ2v) is 7.60. The van der Waals surface area contributed by atoms with Gasteiger partial charge in [0, 0.05) is 29.2 Å². The normalized spacial score (nSPS) is 11.5. The van der Waals surface area contributed by atoms with Crippen molar-refractivity contribution in [3.05, 3.63) is 107 Å². The predicted octanol–water partition coefficient (Wildman–Crippen LogP) is 6.15. The van der Waals surface area contributed by atoms with Crippen molar-refractivity contribution in [3.63, 3.8) is 0 Å². The standard InChI is InChI=1S/C27H21FN2O2/c1-2-18-5-12-25-23(14-22(15-29)20-6-8-21(9-7-20)27(31)32)17-30(26(25)13-18)16-19-3-10-24(28)11-4-19/h3-14,17H,2,16H2,1H3,(H,31,32). The fourth-order valence-electron chi connectivity index (χ4n) is 3.75. The van der Waals surface area contributed by atoms with Gasteiger partial charge in [0.1, 0.15) is 5.82 Å². The molecule has 0 radical (unpaired) electrons. The van der Waals surface area contributed by atoms with Gasteiger partial charge in [-0.25, -0.2) is 9.18 Å². The molecule has 0 saturated carbocycles. The van der Waals surface area contributed by atoms with Gasteiger partial charge in [-0.3, -0.25) is 0 Å². The molecule has 0 fully saturated rings. The van der Waals surface area contributed by atoms with Crippen molar-refractivity contribution in [2.45, 2.75) is 19.9 Å². The third kappa shape index (κ3) is 4.30. The van der Waals surface area contributed by atoms with Crippen molar-refractivity contribution in [1.29, 1.82) is 5.26 Å². The van der Waals surface area contributed by atoms with Crippen LogP contribution in [0.3, 0.4) is 0 Å². The van der Waals surface area contributed by atoms with Crippen molar-refractivity contribution in [1.82, 2.24) is 4.57 Å². The first-order valence-electron chi connectivity index (χ1n) is 10.3. The predicted molar refractivity (Wildman–Crippen MR) is 124 cm³/mol. The Kier molecular flexibility index (Phi) is 5.87. The number of aromatic nitrogens is 1. The number of nitrogens with zero attached hydrogens (tertiary/aromatic N) is 2. The molecular formula is C27H21FN2O2. The number of carbonyl (C=O) groups is 1. The Bertz CT molecular complexity index is 1360. The molecule has 0 amide bonds. The molecule has 3 aromatic carbocycles. The first-order chi connectivity index (χ1) is 15.5. The van der Waals surface area contributed by atoms with Crippen LogP contribution in [0.2, 0.25) is 0 Å². The molecule has 0 aliphatic carbocycles. The van der Waals surface area contributed by atoms with Crippen molar-refractivity contribution < 1.29 is 14.3 Å². The van der Waals surface area contributed by atoms with Crippen LogP contribution in [0.15, 0.2) is 72.9 Å². The molecule has 4 aromatic rings. The van der Waals surface area contributed by atoms with Crippen LogP contribution in [0, 0.1) is 17.1 Å². The number of carboxylic acid groups (broad SMARTS) is 1. The molecule has 0 unspecified atom stereocenters. The van der Waals surface area contributed by atoms with E-state index >= 15 is 0 Å². The van der Waals surface area contributed by atoms with E-state index in [0.29, 0.717) is 17.7 Å². The Balaban J connectivity index is 1.79. The van der Waals surface area contributed by atoms with Crippen molar-refractivity contribution >= 4 is 28.5 Å². The maximum Gasteiger partial charge on any atom is 0.335 e. The van der Waals surface area contributed by atoms with E-state index in [1.54, 1.807) is 24.3 Å². The highest BCUT2D eigenvalue weighted by atomic mass is 19.1. The minimum atomic E-state index is -1.00. The van der Waals surface area contributed by atoms with Crippen LogP contribution in [-0.4, -0.2) is 15.6 Å². The Morgan fingerprint density at radius 1 is 1.03 bits per heavy atom. The molecule has 1 heterocycles. The first-order valence-corrected chi connectivity index (χ1v) is 10.3. The molecule has 0 saturated heterocycles. The van der Waals surface area contributed by atoms with Crippen LogP contribution < -0.4 is 0 Å². The summed E-state index contributed by atoms with van der Waals surface area (Å²) < 4.78 is 15.4. The first kappa shape index (κ1) is 21.1. The molecule has 158 valence electrons. The highest BCUT2D eigenvalue weighted by molar-refractivity contribution is 5.98. The van der Waals surface area contributed by atoms with E-state index in [1.165, 1.54) is 29.8 Å². The number of rotatable bonds is 6. The quantitative estimate of drug-likeness (QED) is 0.377. The van der Waals surface area contributed by atoms with Gasteiger partial charge in [0.15, 0.2) is 0 Å². The largest absolute Gasteiger partial charge is 0.478 e. The summed E-state index contributed by atoms with van der Waals surface area (Å²) in [6.07, 6.45) is 4.73. The summed E-state index contributed by atoms with van der Waals surface area (Å²) in [5.41, 5.74) is 5.39. The summed E-state index contributed by atoms with van der Waals surface area (Å²) in [4.78, 5) is 11.1. The highest BCUT2D eigenvalue weighted by Gasteiger charge is 2.11. The van der Waals surface area contributed by atoms with Gasteiger partial charge in [0.2, 0.25) is 0 Å². The van der Waals surface area contributed by atoms with Crippen LogP contribution in [-0.2, 0) is 13.0 Å². The third-order valence-electron chi connectivity index (χ3n) is 5.52. The zero-order valence-electron chi connectivity index (χ0n) is 17.5. The molecule has 0 bridgehead atoms. The van der Waals surface area contributed by atoms with Gasteiger partial charge in [0.05, 0.1) is 17.2 Å². The summed E-state index contributed by atoms with van der Waals surface area (Å²) in [7, 11) is 0. The molecule has 4 nitrogen and oxygen atoms in total. The summed E-state index contributed by atoms with van der Waals surface area (Å²) in [5, 5.41) is 19.9. The monoisotopic (exact) mass is 424 g/mol. The molecular weight excluding hydrogens is 403 g/mol. The number of hydrogen-bond acceptors (Lipinski definition) is 2. The average molecular weight is 424 g/mol. The lowest BCUT2D eigenvalue weighted by Gasteiger charge is -2.07. The number of carboxylic acids is 1. The van der Waals surface area contributed by atoms with Crippen LogP contribution in [0.5, 0.6) is 0 Å². The summed E-state index contributed by atoms with van der Waals surface area (Å²) >= 11 is 0. The molecule has 1 N–H and O–H groups in total. The number of halogens is 1. The summed E-state index contributed by atoms with van der Waals surface area (Å²) in [5.74, 6) is -1.27. The zero-order valence-corrected chi connectivity index (χ0v) is 17.5. The van der Waals surface area contributed by atoms with Gasteiger partial charge in [-0.1, -0.05) is 43.3 Å². The van der Waals surface area contributed by atoms with E-state index < -0.39 is 5.97 Å². The molecule has 0 atom stereocenters. The van der Waals surface area contributed by atoms with E-state index in [9.17, 15) is 14.4 Å². The highest BCUT2D eigenvalue weighted by Crippen LogP contribution is 2.28. The fourth-order valence-corrected chi connectivity index (χ4v) is 3.75. The van der Waals surface area contributed by atoms with E-state index in [0.717, 1.165) is 28.5 Å². The smallest absolute Gasteiger partial charge is 0.335 e. The van der Waals surface area contributed by atoms with Crippen LogP contribution >= 0.6 is 0 Å². The molecule has 1 aromatic heterocycles. The number of fused-ring (bicyclic) bond motifs is 1. The molecule has 5 heteroatoms. The number of nitriles is 1. The second kappa shape index (κ2) is 8.91. The Morgan fingerprint density at radius 3 is 2.31 bits per heavy atom. The van der Waals surface area contributed by atoms with E-state index in [-0.39, 0.29) is 11.4 Å². The van der Waals surface area contributed by atoms with Gasteiger partial charge in [-0.05, 0) is 59.5 Å². The minimum Gasteiger partial charge on any atom is -0.478 e. The van der Waals surface area contributed by atoms with Gasteiger partial charge >= 0.3 is 5.97 Å². The maximum atomic E-state index is 13.3. The van der Waals surface area contributed by atoms with Gasteiger partial charge in [0.25, 0.3) is 0 Å². The van der Waals surface area contributed by atoms with Crippen molar-refractivity contribution in [2.24, 2.45) is 0 Å². The van der Waals surface area contributed by atoms with E-state index in [1.807, 2.05) is 12.3 Å². The molecule has 0 aliphatic heterocycles. The average Bonchev–Trinajstić information content (AvgIpc) is 3.15. The number of allylic oxidation sites excluding steroid dienone is 1. The summed E-state index contributed by atoms with van der Waals surface area (Å²) in [6.45, 7) is 2.68. The number of aryl methyl sites for hydroxylation is 1. The SMILES string of the molecule is CCc1ccc2c(C=C(C#N)c3ccc(C(=O)O)cc3)cn(Cc3ccc(F)cc3)c2c1. The summed E-state index contributed by atoms with van der Waals surface area (Å²) in [6, 6.07) is 21.2. The zero-order chi connectivity index (χ0) is 22.7. The van der Waals surface area contributed by atoms with Crippen molar-refractivity contribution in [3.8, 4) is 6.07 Å². The topological polar surface area (TPSA) is 66.0 Å². The van der Waals surface area contributed by atoms with Crippen LogP contribution in [0.4, 0.5) is 4.39 Å². The lowest BCUT2D eigenvalue weighted by atomic mass is 10.0. The number of hydrogen-bond donors (Lipinski definition) is 1. The Labute approximate surface area is 185 Å². The third-order valence-corrected chi connectivity index (χ3v) is 5.52. The Morgan fingerprint density at radius 2 is 1.69 bits per heavy atom. The Hall–Kier alpha value is -4.17. The van der Waals surface area contributed by atoms with E-state index in [2.05, 4.69) is 35.8 Å². The molecule has 32 heavy (non-hydrogen) atoms. The van der Waals surface area contributed by atoms with Crippen LogP contribution in [0.1, 0.15) is 39.5 Å². The van der Waals surface area contributed by atoms with Crippen molar-refractivity contribution in [2.75, 3.05) is 0 Å². The molecule has 0 aliphatic rings. The second-order valence-electron chi connectivity index (χ2n) is 7.60. The maximum absolute atomic E-state index is 13.3. The number of aromatic carboxylic acids is 1.